The summed E-state index contributed by atoms with van der Waals surface area (Å²) in [6, 6.07) is 4.07. The van der Waals surface area contributed by atoms with Gasteiger partial charge in [0, 0.05) is 3.57 Å². The molecule has 1 rings (SSSR count). The smallest absolute Gasteiger partial charge is 0.218 e. The third-order valence-corrected chi connectivity index (χ3v) is 2.13. The highest BCUT2D eigenvalue weighted by atomic mass is 127. The minimum absolute atomic E-state index is 0.135. The normalized spacial score (nSPS) is 11.5. The third-order valence-electron chi connectivity index (χ3n) is 1.27. The molecule has 4 N–H and O–H groups in total. The number of nitrogens with zero attached hydrogens (tertiary/aromatic N) is 1. The van der Waals surface area contributed by atoms with Gasteiger partial charge in [-0.3, -0.25) is 5.21 Å². The molecule has 0 fully saturated rings. The molecule has 0 atom stereocenters. The van der Waals surface area contributed by atoms with Crippen LogP contribution in [0.1, 0.15) is 0 Å². The SMILES string of the molecule is NC(=Nc1ccc(F)cc1I)NO. The van der Waals surface area contributed by atoms with E-state index in [1.165, 1.54) is 18.2 Å². The summed E-state index contributed by atoms with van der Waals surface area (Å²) in [5.41, 5.74) is 7.39. The molecule has 0 radical (unpaired) electrons. The van der Waals surface area contributed by atoms with Crippen LogP contribution in [0.5, 0.6) is 0 Å². The molecule has 0 aliphatic rings. The second-order valence-electron chi connectivity index (χ2n) is 2.20. The lowest BCUT2D eigenvalue weighted by Gasteiger charge is -2.00. The quantitative estimate of drug-likeness (QED) is 0.317. The van der Waals surface area contributed by atoms with Gasteiger partial charge in [-0.25, -0.2) is 14.9 Å². The van der Waals surface area contributed by atoms with Crippen molar-refractivity contribution in [1.29, 1.82) is 0 Å². The van der Waals surface area contributed by atoms with Crippen molar-refractivity contribution in [2.45, 2.75) is 0 Å². The molecule has 0 spiro atoms. The van der Waals surface area contributed by atoms with Crippen molar-refractivity contribution in [2.75, 3.05) is 0 Å². The van der Waals surface area contributed by atoms with E-state index in [4.69, 9.17) is 10.9 Å². The fraction of sp³-hybridized carbons (Fsp3) is 0. The maximum absolute atomic E-state index is 12.6. The number of guanidine groups is 1. The van der Waals surface area contributed by atoms with Gasteiger partial charge in [-0.15, -0.1) is 0 Å². The minimum Gasteiger partial charge on any atom is -0.368 e. The van der Waals surface area contributed by atoms with Gasteiger partial charge in [-0.2, -0.15) is 0 Å². The molecule has 0 aromatic heterocycles. The van der Waals surface area contributed by atoms with Gasteiger partial charge in [0.2, 0.25) is 5.96 Å². The highest BCUT2D eigenvalue weighted by molar-refractivity contribution is 14.1. The van der Waals surface area contributed by atoms with E-state index in [9.17, 15) is 4.39 Å². The maximum atomic E-state index is 12.6. The second-order valence-corrected chi connectivity index (χ2v) is 3.37. The summed E-state index contributed by atoms with van der Waals surface area (Å²) in [7, 11) is 0. The highest BCUT2D eigenvalue weighted by Crippen LogP contribution is 2.21. The molecular weight excluding hydrogens is 288 g/mol. The van der Waals surface area contributed by atoms with Gasteiger partial charge in [-0.05, 0) is 40.8 Å². The van der Waals surface area contributed by atoms with E-state index in [-0.39, 0.29) is 11.8 Å². The van der Waals surface area contributed by atoms with Gasteiger partial charge in [-0.1, -0.05) is 0 Å². The number of nitrogens with two attached hydrogens (primary N) is 1. The van der Waals surface area contributed by atoms with Gasteiger partial charge in [0.1, 0.15) is 5.82 Å². The summed E-state index contributed by atoms with van der Waals surface area (Å²) in [4.78, 5) is 3.78. The number of halogens is 2. The molecule has 6 heteroatoms. The zero-order valence-electron chi connectivity index (χ0n) is 6.46. The Morgan fingerprint density at radius 1 is 1.62 bits per heavy atom. The molecule has 70 valence electrons. The van der Waals surface area contributed by atoms with E-state index >= 15 is 0 Å². The Hall–Kier alpha value is -0.890. The Labute approximate surface area is 87.8 Å². The second kappa shape index (κ2) is 4.38. The van der Waals surface area contributed by atoms with E-state index in [0.29, 0.717) is 9.26 Å². The Balaban J connectivity index is 3.03. The lowest BCUT2D eigenvalue weighted by Crippen LogP contribution is -2.27. The number of aliphatic imine (C=N–C) groups is 1. The van der Waals surface area contributed by atoms with Crippen LogP contribution in [-0.4, -0.2) is 11.2 Å². The van der Waals surface area contributed by atoms with Crippen LogP contribution in [0.25, 0.3) is 0 Å². The number of rotatable bonds is 1. The third kappa shape index (κ3) is 2.81. The largest absolute Gasteiger partial charge is 0.368 e. The topological polar surface area (TPSA) is 70.6 Å². The highest BCUT2D eigenvalue weighted by Gasteiger charge is 2.00. The van der Waals surface area contributed by atoms with Crippen molar-refractivity contribution < 1.29 is 9.60 Å². The molecule has 13 heavy (non-hydrogen) atoms. The molecule has 1 aromatic carbocycles. The van der Waals surface area contributed by atoms with Crippen LogP contribution in [0.3, 0.4) is 0 Å². The lowest BCUT2D eigenvalue weighted by atomic mass is 10.3. The molecule has 1 aromatic rings. The van der Waals surface area contributed by atoms with Gasteiger partial charge in [0.05, 0.1) is 5.69 Å². The number of hydroxylamine groups is 1. The molecule has 0 heterocycles. The Morgan fingerprint density at radius 3 is 2.85 bits per heavy atom. The van der Waals surface area contributed by atoms with E-state index in [1.807, 2.05) is 22.6 Å². The fourth-order valence-electron chi connectivity index (χ4n) is 0.727. The summed E-state index contributed by atoms with van der Waals surface area (Å²) < 4.78 is 13.2. The van der Waals surface area contributed by atoms with Crippen molar-refractivity contribution in [3.05, 3.63) is 27.6 Å². The van der Waals surface area contributed by atoms with Crippen molar-refractivity contribution >= 4 is 34.2 Å². The van der Waals surface area contributed by atoms with Crippen LogP contribution in [0, 0.1) is 9.39 Å². The van der Waals surface area contributed by atoms with Crippen molar-refractivity contribution in [3.63, 3.8) is 0 Å². The number of nitrogens with one attached hydrogen (secondary N) is 1. The Bertz CT molecular complexity index is 343. The predicted molar refractivity (Wildman–Crippen MR) is 55.3 cm³/mol. The zero-order valence-corrected chi connectivity index (χ0v) is 8.62. The molecule has 0 bridgehead atoms. The molecule has 0 saturated heterocycles. The first kappa shape index (κ1) is 10.2. The summed E-state index contributed by atoms with van der Waals surface area (Å²) in [6.07, 6.45) is 0. The van der Waals surface area contributed by atoms with Crippen LogP contribution in [0.15, 0.2) is 23.2 Å². The summed E-state index contributed by atoms with van der Waals surface area (Å²) in [5.74, 6) is -0.469. The monoisotopic (exact) mass is 295 g/mol. The van der Waals surface area contributed by atoms with Crippen LogP contribution >= 0.6 is 22.6 Å². The van der Waals surface area contributed by atoms with Gasteiger partial charge < -0.3 is 5.73 Å². The van der Waals surface area contributed by atoms with Crippen LogP contribution in [0.4, 0.5) is 10.1 Å². The number of hydrogen-bond acceptors (Lipinski definition) is 2. The van der Waals surface area contributed by atoms with Crippen molar-refractivity contribution in [2.24, 2.45) is 10.7 Å². The van der Waals surface area contributed by atoms with Gasteiger partial charge >= 0.3 is 0 Å². The zero-order chi connectivity index (χ0) is 9.84. The Morgan fingerprint density at radius 2 is 2.31 bits per heavy atom. The summed E-state index contributed by atoms with van der Waals surface area (Å²) in [5, 5.41) is 8.36. The Kier molecular flexibility index (Phi) is 3.43. The first-order valence-corrected chi connectivity index (χ1v) is 4.40. The average molecular weight is 295 g/mol. The van der Waals surface area contributed by atoms with Gasteiger partial charge in [0.15, 0.2) is 0 Å². The number of hydrogen-bond donors (Lipinski definition) is 3. The first-order chi connectivity index (χ1) is 6.13. The predicted octanol–water partition coefficient (Wildman–Crippen LogP) is 1.36. The molecule has 0 saturated carbocycles. The van der Waals surface area contributed by atoms with E-state index in [2.05, 4.69) is 4.99 Å². The molecule has 0 unspecified atom stereocenters. The van der Waals surface area contributed by atoms with Crippen LogP contribution in [-0.2, 0) is 0 Å². The van der Waals surface area contributed by atoms with Gasteiger partial charge in [0.25, 0.3) is 0 Å². The van der Waals surface area contributed by atoms with Crippen molar-refractivity contribution in [1.82, 2.24) is 5.48 Å². The van der Waals surface area contributed by atoms with E-state index in [0.717, 1.165) is 0 Å². The molecule has 4 nitrogen and oxygen atoms in total. The standard InChI is InChI=1S/C7H7FIN3O/c8-4-1-2-6(5(9)3-4)11-7(10)12-13/h1-3,13H,(H3,10,11,12). The lowest BCUT2D eigenvalue weighted by molar-refractivity contribution is 0.233. The maximum Gasteiger partial charge on any atom is 0.218 e. The first-order valence-electron chi connectivity index (χ1n) is 3.33. The molecule has 0 amide bonds. The number of benzene rings is 1. The van der Waals surface area contributed by atoms with E-state index in [1.54, 1.807) is 5.48 Å². The summed E-state index contributed by atoms with van der Waals surface area (Å²) >= 11 is 1.92. The average Bonchev–Trinajstić information content (AvgIpc) is 2.09. The van der Waals surface area contributed by atoms with Crippen LogP contribution < -0.4 is 11.2 Å². The minimum atomic E-state index is -0.334. The van der Waals surface area contributed by atoms with Crippen molar-refractivity contribution in [3.8, 4) is 0 Å². The fourth-order valence-corrected chi connectivity index (χ4v) is 1.32. The van der Waals surface area contributed by atoms with E-state index < -0.39 is 0 Å². The summed E-state index contributed by atoms with van der Waals surface area (Å²) in [6.45, 7) is 0. The molecule has 0 aliphatic heterocycles. The molecule has 0 aliphatic carbocycles. The molecular formula is C7H7FIN3O. The van der Waals surface area contributed by atoms with Crippen LogP contribution in [0.2, 0.25) is 0 Å².